The molecule has 6 rings (SSSR count). The summed E-state index contributed by atoms with van der Waals surface area (Å²) < 4.78 is 41.6. The van der Waals surface area contributed by atoms with E-state index >= 15 is 0 Å². The summed E-state index contributed by atoms with van der Waals surface area (Å²) in [7, 11) is 0. The van der Waals surface area contributed by atoms with Crippen molar-refractivity contribution in [3.8, 4) is 11.1 Å². The highest BCUT2D eigenvalue weighted by molar-refractivity contribution is 6.11. The van der Waals surface area contributed by atoms with Crippen LogP contribution in [-0.2, 0) is 6.18 Å². The average molecular weight is 473 g/mol. The number of nitro groups is 1. The highest BCUT2D eigenvalue weighted by atomic mass is 19.4. The third-order valence-electron chi connectivity index (χ3n) is 6.26. The summed E-state index contributed by atoms with van der Waals surface area (Å²) in [4.78, 5) is 27.5. The molecule has 9 heteroatoms. The predicted octanol–water partition coefficient (Wildman–Crippen LogP) is 6.68. The SMILES string of the molecule is O=c1c2cc([N+](=O)[O-])ccc2c(-c2cccc3ccccc23)c2[nH]c3ccc(C(F)(F)F)cc3n12. The number of H-pyrrole nitrogens is 1. The van der Waals surface area contributed by atoms with E-state index in [0.29, 0.717) is 22.1 Å². The van der Waals surface area contributed by atoms with Crippen molar-refractivity contribution in [2.24, 2.45) is 0 Å². The minimum atomic E-state index is -4.60. The summed E-state index contributed by atoms with van der Waals surface area (Å²) in [5, 5.41) is 13.7. The quantitative estimate of drug-likeness (QED) is 0.225. The number of aromatic nitrogens is 2. The second kappa shape index (κ2) is 7.17. The molecule has 0 aliphatic rings. The van der Waals surface area contributed by atoms with Gasteiger partial charge in [0.05, 0.1) is 26.9 Å². The molecule has 0 bridgehead atoms. The first-order valence-corrected chi connectivity index (χ1v) is 10.6. The smallest absolute Gasteiger partial charge is 0.339 e. The van der Waals surface area contributed by atoms with E-state index in [2.05, 4.69) is 4.98 Å². The number of hydrogen-bond donors (Lipinski definition) is 1. The Balaban J connectivity index is 1.86. The number of hydrogen-bond acceptors (Lipinski definition) is 3. The number of alkyl halides is 3. The number of halogens is 3. The molecule has 0 atom stereocenters. The molecule has 0 radical (unpaired) electrons. The van der Waals surface area contributed by atoms with Gasteiger partial charge in [-0.2, -0.15) is 13.2 Å². The Labute approximate surface area is 194 Å². The third kappa shape index (κ3) is 3.08. The lowest BCUT2D eigenvalue weighted by Crippen LogP contribution is -2.14. The number of nitro benzene ring substituents is 1. The fourth-order valence-electron chi connectivity index (χ4n) is 4.69. The van der Waals surface area contributed by atoms with E-state index in [9.17, 15) is 28.1 Å². The molecule has 4 aromatic carbocycles. The van der Waals surface area contributed by atoms with Crippen molar-refractivity contribution in [1.29, 1.82) is 0 Å². The second-order valence-electron chi connectivity index (χ2n) is 8.23. The zero-order chi connectivity index (χ0) is 24.5. The maximum absolute atomic E-state index is 13.6. The van der Waals surface area contributed by atoms with E-state index in [1.165, 1.54) is 28.7 Å². The van der Waals surface area contributed by atoms with Crippen molar-refractivity contribution in [1.82, 2.24) is 9.38 Å². The van der Waals surface area contributed by atoms with Crippen LogP contribution in [0.4, 0.5) is 18.9 Å². The minimum absolute atomic E-state index is 0.0368. The van der Waals surface area contributed by atoms with Crippen LogP contribution in [0.5, 0.6) is 0 Å². The zero-order valence-electron chi connectivity index (χ0n) is 17.8. The lowest BCUT2D eigenvalue weighted by atomic mass is 9.95. The van der Waals surface area contributed by atoms with Crippen molar-refractivity contribution in [3.05, 3.63) is 105 Å². The number of aromatic amines is 1. The molecule has 2 aromatic heterocycles. The Bertz CT molecular complexity index is 1900. The zero-order valence-corrected chi connectivity index (χ0v) is 17.8. The van der Waals surface area contributed by atoms with E-state index in [0.717, 1.165) is 28.5 Å². The maximum atomic E-state index is 13.6. The summed E-state index contributed by atoms with van der Waals surface area (Å²) in [6, 6.07) is 20.4. The van der Waals surface area contributed by atoms with Crippen LogP contribution in [0.2, 0.25) is 0 Å². The van der Waals surface area contributed by atoms with Crippen LogP contribution in [0.25, 0.3) is 49.4 Å². The molecule has 0 fully saturated rings. The van der Waals surface area contributed by atoms with Gasteiger partial charge in [-0.1, -0.05) is 42.5 Å². The van der Waals surface area contributed by atoms with Crippen LogP contribution in [0.3, 0.4) is 0 Å². The molecule has 0 amide bonds. The Morgan fingerprint density at radius 1 is 0.857 bits per heavy atom. The molecular weight excluding hydrogens is 459 g/mol. The standard InChI is InChI=1S/C26H14F3N3O3/c27-26(28,29)15-8-11-21-22(12-15)31-24(30-21)23(18-7-3-5-14-4-1-2-6-17(14)18)19-10-9-16(32(34)35)13-20(19)25(31)33/h1-13,30H. The summed E-state index contributed by atoms with van der Waals surface area (Å²) in [5.74, 6) is 0. The van der Waals surface area contributed by atoms with Gasteiger partial charge in [-0.15, -0.1) is 0 Å². The van der Waals surface area contributed by atoms with Crippen molar-refractivity contribution in [2.75, 3.05) is 0 Å². The van der Waals surface area contributed by atoms with E-state index in [-0.39, 0.29) is 16.6 Å². The second-order valence-corrected chi connectivity index (χ2v) is 8.23. The number of nitrogens with one attached hydrogen (secondary N) is 1. The van der Waals surface area contributed by atoms with Gasteiger partial charge in [0.2, 0.25) is 0 Å². The molecule has 0 aliphatic heterocycles. The van der Waals surface area contributed by atoms with E-state index in [1.807, 2.05) is 42.5 Å². The molecular formula is C26H14F3N3O3. The van der Waals surface area contributed by atoms with Gasteiger partial charge in [0, 0.05) is 17.7 Å². The van der Waals surface area contributed by atoms with Gasteiger partial charge in [0.1, 0.15) is 5.65 Å². The molecule has 0 unspecified atom stereocenters. The maximum Gasteiger partial charge on any atom is 0.416 e. The largest absolute Gasteiger partial charge is 0.416 e. The topological polar surface area (TPSA) is 80.4 Å². The summed E-state index contributed by atoms with van der Waals surface area (Å²) >= 11 is 0. The monoisotopic (exact) mass is 473 g/mol. The van der Waals surface area contributed by atoms with Crippen LogP contribution in [0, 0.1) is 10.1 Å². The Kier molecular flexibility index (Phi) is 4.28. The number of imidazole rings is 1. The Hall–Kier alpha value is -4.66. The van der Waals surface area contributed by atoms with Crippen molar-refractivity contribution >= 4 is 43.9 Å². The average Bonchev–Trinajstić information content (AvgIpc) is 3.22. The molecule has 2 heterocycles. The van der Waals surface area contributed by atoms with E-state index in [1.54, 1.807) is 0 Å². The number of pyridine rings is 1. The number of fused-ring (bicyclic) bond motifs is 5. The normalized spacial score (nSPS) is 12.2. The number of nitrogens with zero attached hydrogens (tertiary/aromatic N) is 2. The van der Waals surface area contributed by atoms with Crippen molar-refractivity contribution in [2.45, 2.75) is 6.18 Å². The summed E-state index contributed by atoms with van der Waals surface area (Å²) in [5.41, 5.74) is 0.155. The first-order chi connectivity index (χ1) is 16.7. The highest BCUT2D eigenvalue weighted by Gasteiger charge is 2.31. The Morgan fingerprint density at radius 2 is 1.63 bits per heavy atom. The molecule has 1 N–H and O–H groups in total. The van der Waals surface area contributed by atoms with E-state index in [4.69, 9.17) is 0 Å². The highest BCUT2D eigenvalue weighted by Crippen LogP contribution is 2.38. The van der Waals surface area contributed by atoms with Gasteiger partial charge in [0.15, 0.2) is 0 Å². The molecule has 172 valence electrons. The van der Waals surface area contributed by atoms with Gasteiger partial charge < -0.3 is 4.98 Å². The lowest BCUT2D eigenvalue weighted by molar-refractivity contribution is -0.384. The fraction of sp³-hybridized carbons (Fsp3) is 0.0385. The van der Waals surface area contributed by atoms with Gasteiger partial charge in [-0.3, -0.25) is 19.3 Å². The first kappa shape index (κ1) is 20.9. The summed E-state index contributed by atoms with van der Waals surface area (Å²) in [6.07, 6.45) is -4.60. The number of benzene rings is 4. The number of non-ortho nitro benzene ring substituents is 1. The first-order valence-electron chi connectivity index (χ1n) is 10.6. The minimum Gasteiger partial charge on any atom is -0.339 e. The molecule has 0 aliphatic carbocycles. The Morgan fingerprint density at radius 3 is 2.40 bits per heavy atom. The predicted molar refractivity (Wildman–Crippen MR) is 128 cm³/mol. The van der Waals surface area contributed by atoms with Crippen LogP contribution >= 0.6 is 0 Å². The van der Waals surface area contributed by atoms with Crippen LogP contribution in [-0.4, -0.2) is 14.3 Å². The summed E-state index contributed by atoms with van der Waals surface area (Å²) in [6.45, 7) is 0. The van der Waals surface area contributed by atoms with Crippen LogP contribution < -0.4 is 5.56 Å². The molecule has 6 aromatic rings. The number of rotatable bonds is 2. The van der Waals surface area contributed by atoms with Gasteiger partial charge >= 0.3 is 6.18 Å². The van der Waals surface area contributed by atoms with Gasteiger partial charge in [-0.05, 0) is 46.0 Å². The molecule has 0 saturated carbocycles. The molecule has 0 saturated heterocycles. The fourth-order valence-corrected chi connectivity index (χ4v) is 4.69. The van der Waals surface area contributed by atoms with E-state index < -0.39 is 22.2 Å². The van der Waals surface area contributed by atoms with Crippen molar-refractivity contribution < 1.29 is 18.1 Å². The van der Waals surface area contributed by atoms with Crippen LogP contribution in [0.1, 0.15) is 5.56 Å². The van der Waals surface area contributed by atoms with Crippen molar-refractivity contribution in [3.63, 3.8) is 0 Å². The molecule has 6 nitrogen and oxygen atoms in total. The van der Waals surface area contributed by atoms with Gasteiger partial charge in [-0.25, -0.2) is 0 Å². The van der Waals surface area contributed by atoms with Crippen LogP contribution in [0.15, 0.2) is 83.7 Å². The molecule has 35 heavy (non-hydrogen) atoms. The lowest BCUT2D eigenvalue weighted by Gasteiger charge is -2.12. The van der Waals surface area contributed by atoms with Gasteiger partial charge in [0.25, 0.3) is 11.2 Å². The molecule has 0 spiro atoms. The third-order valence-corrected chi connectivity index (χ3v) is 6.26.